The monoisotopic (exact) mass is 302 g/mol. The Labute approximate surface area is 124 Å². The number of nitrogens with zero attached hydrogens (tertiary/aromatic N) is 2. The first-order valence-electron chi connectivity index (χ1n) is 6.10. The van der Waals surface area contributed by atoms with Gasteiger partial charge in [-0.3, -0.25) is 20.2 Å². The van der Waals surface area contributed by atoms with E-state index in [-0.39, 0.29) is 22.7 Å². The maximum Gasteiger partial charge on any atom is 0.343 e. The molecule has 0 unspecified atom stereocenters. The molecule has 2 aromatic rings. The maximum atomic E-state index is 11.9. The largest absolute Gasteiger partial charge is 0.423 e. The molecular formula is C14H10N2O6. The van der Waals surface area contributed by atoms with E-state index < -0.39 is 15.8 Å². The lowest BCUT2D eigenvalue weighted by Crippen LogP contribution is -2.09. The molecule has 112 valence electrons. The van der Waals surface area contributed by atoms with Gasteiger partial charge in [0.25, 0.3) is 11.4 Å². The Hall–Kier alpha value is -3.29. The molecule has 0 N–H and O–H groups in total. The molecule has 2 aromatic carbocycles. The second-order valence-electron chi connectivity index (χ2n) is 4.40. The van der Waals surface area contributed by atoms with Crippen LogP contribution < -0.4 is 4.74 Å². The topological polar surface area (TPSA) is 113 Å². The molecule has 22 heavy (non-hydrogen) atoms. The van der Waals surface area contributed by atoms with Crippen LogP contribution in [0.4, 0.5) is 11.4 Å². The molecule has 0 fully saturated rings. The first-order valence-corrected chi connectivity index (χ1v) is 6.10. The molecule has 0 atom stereocenters. The van der Waals surface area contributed by atoms with Crippen molar-refractivity contribution >= 4 is 17.3 Å². The summed E-state index contributed by atoms with van der Waals surface area (Å²) in [6.07, 6.45) is 0. The van der Waals surface area contributed by atoms with Crippen molar-refractivity contribution < 1.29 is 19.4 Å². The average Bonchev–Trinajstić information content (AvgIpc) is 2.49. The Morgan fingerprint density at radius 1 is 0.955 bits per heavy atom. The Balaban J connectivity index is 2.18. The number of ether oxygens (including phenoxy) is 1. The van der Waals surface area contributed by atoms with Crippen LogP contribution in [0.3, 0.4) is 0 Å². The van der Waals surface area contributed by atoms with E-state index in [4.69, 9.17) is 4.74 Å². The first kappa shape index (κ1) is 15.1. The van der Waals surface area contributed by atoms with E-state index in [1.165, 1.54) is 42.5 Å². The number of benzene rings is 2. The zero-order valence-corrected chi connectivity index (χ0v) is 11.4. The zero-order valence-electron chi connectivity index (χ0n) is 11.4. The SMILES string of the molecule is Cc1cc([N+](=O)[O-])ccc1OC(=O)c1ccc([N+](=O)[O-])cc1. The molecule has 0 amide bonds. The van der Waals surface area contributed by atoms with Crippen LogP contribution in [0.1, 0.15) is 15.9 Å². The van der Waals surface area contributed by atoms with Crippen LogP contribution in [0, 0.1) is 27.2 Å². The minimum atomic E-state index is -0.702. The van der Waals surface area contributed by atoms with Crippen molar-refractivity contribution in [3.63, 3.8) is 0 Å². The number of hydrogen-bond acceptors (Lipinski definition) is 6. The highest BCUT2D eigenvalue weighted by Crippen LogP contribution is 2.24. The Kier molecular flexibility index (Phi) is 4.12. The minimum absolute atomic E-state index is 0.104. The van der Waals surface area contributed by atoms with Gasteiger partial charge in [0.05, 0.1) is 15.4 Å². The Morgan fingerprint density at radius 2 is 1.50 bits per heavy atom. The number of nitro benzene ring substituents is 2. The van der Waals surface area contributed by atoms with Crippen molar-refractivity contribution in [2.75, 3.05) is 0 Å². The van der Waals surface area contributed by atoms with E-state index >= 15 is 0 Å². The smallest absolute Gasteiger partial charge is 0.343 e. The fourth-order valence-electron chi connectivity index (χ4n) is 1.74. The van der Waals surface area contributed by atoms with Gasteiger partial charge in [-0.2, -0.15) is 0 Å². The summed E-state index contributed by atoms with van der Waals surface area (Å²) in [5, 5.41) is 21.2. The number of nitro groups is 2. The zero-order chi connectivity index (χ0) is 16.3. The van der Waals surface area contributed by atoms with Gasteiger partial charge in [-0.25, -0.2) is 4.79 Å². The van der Waals surface area contributed by atoms with Crippen LogP contribution in [-0.2, 0) is 0 Å². The third kappa shape index (κ3) is 3.23. The fourth-order valence-corrected chi connectivity index (χ4v) is 1.74. The Morgan fingerprint density at radius 3 is 2.00 bits per heavy atom. The van der Waals surface area contributed by atoms with Gasteiger partial charge in [0.2, 0.25) is 0 Å². The number of non-ortho nitro benzene ring substituents is 2. The summed E-state index contributed by atoms with van der Waals surface area (Å²) in [4.78, 5) is 32.0. The van der Waals surface area contributed by atoms with Gasteiger partial charge in [0, 0.05) is 24.3 Å². The molecule has 0 heterocycles. The van der Waals surface area contributed by atoms with Gasteiger partial charge >= 0.3 is 5.97 Å². The van der Waals surface area contributed by atoms with Crippen molar-refractivity contribution in [1.82, 2.24) is 0 Å². The molecule has 0 bridgehead atoms. The summed E-state index contributed by atoms with van der Waals surface area (Å²) < 4.78 is 5.13. The lowest BCUT2D eigenvalue weighted by Gasteiger charge is -2.07. The van der Waals surface area contributed by atoms with Crippen LogP contribution in [-0.4, -0.2) is 15.8 Å². The van der Waals surface area contributed by atoms with E-state index in [0.717, 1.165) is 0 Å². The summed E-state index contributed by atoms with van der Waals surface area (Å²) in [7, 11) is 0. The third-order valence-corrected chi connectivity index (χ3v) is 2.89. The molecule has 0 radical (unpaired) electrons. The second-order valence-corrected chi connectivity index (χ2v) is 4.40. The van der Waals surface area contributed by atoms with E-state index in [0.29, 0.717) is 5.56 Å². The molecular weight excluding hydrogens is 292 g/mol. The molecule has 0 aromatic heterocycles. The van der Waals surface area contributed by atoms with E-state index in [1.54, 1.807) is 6.92 Å². The maximum absolute atomic E-state index is 11.9. The molecule has 0 aliphatic heterocycles. The molecule has 0 spiro atoms. The van der Waals surface area contributed by atoms with Gasteiger partial charge in [-0.05, 0) is 30.7 Å². The number of hydrogen-bond donors (Lipinski definition) is 0. The summed E-state index contributed by atoms with van der Waals surface area (Å²) in [5.74, 6) is -0.513. The van der Waals surface area contributed by atoms with E-state index in [9.17, 15) is 25.0 Å². The van der Waals surface area contributed by atoms with Crippen molar-refractivity contribution in [3.8, 4) is 5.75 Å². The number of carbonyl (C=O) groups is 1. The van der Waals surface area contributed by atoms with Gasteiger partial charge < -0.3 is 4.74 Å². The normalized spacial score (nSPS) is 10.0. The third-order valence-electron chi connectivity index (χ3n) is 2.89. The quantitative estimate of drug-likeness (QED) is 0.371. The van der Waals surface area contributed by atoms with Crippen LogP contribution in [0.2, 0.25) is 0 Å². The van der Waals surface area contributed by atoms with Crippen LogP contribution in [0.25, 0.3) is 0 Å². The molecule has 2 rings (SSSR count). The summed E-state index contributed by atoms with van der Waals surface area (Å²) in [6.45, 7) is 1.57. The summed E-state index contributed by atoms with van der Waals surface area (Å²) in [6, 6.07) is 8.79. The molecule has 8 heteroatoms. The van der Waals surface area contributed by atoms with Crippen LogP contribution in [0.15, 0.2) is 42.5 Å². The van der Waals surface area contributed by atoms with Crippen molar-refractivity contribution in [2.24, 2.45) is 0 Å². The Bertz CT molecular complexity index is 754. The van der Waals surface area contributed by atoms with Gasteiger partial charge in [-0.15, -0.1) is 0 Å². The highest BCUT2D eigenvalue weighted by Gasteiger charge is 2.14. The average molecular weight is 302 g/mol. The first-order chi connectivity index (χ1) is 10.4. The molecule has 0 saturated heterocycles. The molecule has 8 nitrogen and oxygen atoms in total. The van der Waals surface area contributed by atoms with Crippen LogP contribution >= 0.6 is 0 Å². The summed E-state index contributed by atoms with van der Waals surface area (Å²) >= 11 is 0. The molecule has 0 aliphatic carbocycles. The second kappa shape index (κ2) is 6.00. The number of aryl methyl sites for hydroxylation is 1. The highest BCUT2D eigenvalue weighted by atomic mass is 16.6. The van der Waals surface area contributed by atoms with Crippen molar-refractivity contribution in [2.45, 2.75) is 6.92 Å². The predicted molar refractivity (Wildman–Crippen MR) is 75.9 cm³/mol. The molecule has 0 aliphatic rings. The van der Waals surface area contributed by atoms with Gasteiger partial charge in [0.1, 0.15) is 5.75 Å². The number of rotatable bonds is 4. The lowest BCUT2D eigenvalue weighted by atomic mass is 10.2. The number of esters is 1. The lowest BCUT2D eigenvalue weighted by molar-refractivity contribution is -0.385. The standard InChI is InChI=1S/C14H10N2O6/c1-9-8-12(16(20)21)6-7-13(9)22-14(17)10-2-4-11(5-3-10)15(18)19/h2-8H,1H3. The molecule has 0 saturated carbocycles. The number of carbonyl (C=O) groups excluding carboxylic acids is 1. The summed E-state index contributed by atoms with van der Waals surface area (Å²) in [5.41, 5.74) is 0.337. The predicted octanol–water partition coefficient (Wildman–Crippen LogP) is 3.03. The van der Waals surface area contributed by atoms with Gasteiger partial charge in [0.15, 0.2) is 0 Å². The van der Waals surface area contributed by atoms with Crippen LogP contribution in [0.5, 0.6) is 5.75 Å². The van der Waals surface area contributed by atoms with E-state index in [2.05, 4.69) is 0 Å². The fraction of sp³-hybridized carbons (Fsp3) is 0.0714. The van der Waals surface area contributed by atoms with Crippen molar-refractivity contribution in [1.29, 1.82) is 0 Å². The highest BCUT2D eigenvalue weighted by molar-refractivity contribution is 5.91. The van der Waals surface area contributed by atoms with Crippen molar-refractivity contribution in [3.05, 3.63) is 73.8 Å². The minimum Gasteiger partial charge on any atom is -0.423 e. The van der Waals surface area contributed by atoms with E-state index in [1.807, 2.05) is 0 Å². The van der Waals surface area contributed by atoms with Gasteiger partial charge in [-0.1, -0.05) is 0 Å².